The van der Waals surface area contributed by atoms with E-state index in [1.165, 1.54) is 0 Å². The fourth-order valence-corrected chi connectivity index (χ4v) is 0.982. The molecule has 0 saturated carbocycles. The Labute approximate surface area is 94.3 Å². The molecule has 0 rings (SSSR count). The average molecular weight is 232 g/mol. The third-order valence-electron chi connectivity index (χ3n) is 2.25. The molecule has 6 nitrogen and oxygen atoms in total. The molecule has 0 aromatic carbocycles. The Balaban J connectivity index is 3.93. The Kier molecular flexibility index (Phi) is 5.98. The van der Waals surface area contributed by atoms with Crippen LogP contribution in [0.3, 0.4) is 0 Å². The molecule has 0 saturated heterocycles. The molecule has 94 valence electrons. The van der Waals surface area contributed by atoms with Crippen molar-refractivity contribution in [2.24, 2.45) is 5.41 Å². The highest BCUT2D eigenvalue weighted by Crippen LogP contribution is 2.19. The van der Waals surface area contributed by atoms with Gasteiger partial charge in [-0.3, -0.25) is 4.79 Å². The third kappa shape index (κ3) is 5.09. The highest BCUT2D eigenvalue weighted by atomic mass is 16.4. The number of carboxylic acid groups (broad SMARTS) is 1. The first-order valence-corrected chi connectivity index (χ1v) is 5.07. The normalized spacial score (nSPS) is 13.2. The summed E-state index contributed by atoms with van der Waals surface area (Å²) in [6.45, 7) is 2.95. The maximum Gasteiger partial charge on any atom is 0.249 e. The van der Waals surface area contributed by atoms with Crippen LogP contribution in [-0.2, 0) is 9.59 Å². The Hall–Kier alpha value is -1.14. The van der Waals surface area contributed by atoms with Crippen LogP contribution in [0.2, 0.25) is 0 Å². The standard InChI is InChI=1S/C10H19NO5/c1-10(2,6-12)8(15)9(16)11-5-3-4-7(13)14/h8,12,15H,3-6H2,1-2H3,(H,11,16)(H,13,14)/p-1/t8-/m1/s1. The van der Waals surface area contributed by atoms with Gasteiger partial charge in [-0.05, 0) is 12.8 Å². The number of carboxylic acids is 1. The number of aliphatic carboxylic acids is 1. The highest BCUT2D eigenvalue weighted by Gasteiger charge is 2.32. The average Bonchev–Trinajstić information content (AvgIpc) is 2.22. The highest BCUT2D eigenvalue weighted by molar-refractivity contribution is 5.81. The number of nitrogens with one attached hydrogen (secondary N) is 1. The summed E-state index contributed by atoms with van der Waals surface area (Å²) in [5, 5.41) is 30.9. The Bertz CT molecular complexity index is 252. The van der Waals surface area contributed by atoms with Gasteiger partial charge < -0.3 is 25.4 Å². The monoisotopic (exact) mass is 232 g/mol. The molecule has 0 heterocycles. The number of aliphatic hydroxyl groups excluding tert-OH is 2. The molecule has 3 N–H and O–H groups in total. The molecule has 0 aliphatic carbocycles. The smallest absolute Gasteiger partial charge is 0.249 e. The van der Waals surface area contributed by atoms with Crippen molar-refractivity contribution < 1.29 is 24.9 Å². The molecule has 0 fully saturated rings. The van der Waals surface area contributed by atoms with Crippen LogP contribution in [0.1, 0.15) is 26.7 Å². The lowest BCUT2D eigenvalue weighted by Crippen LogP contribution is -2.45. The first-order valence-electron chi connectivity index (χ1n) is 5.07. The Morgan fingerprint density at radius 3 is 2.44 bits per heavy atom. The first-order chi connectivity index (χ1) is 7.31. The molecular weight excluding hydrogens is 214 g/mol. The number of rotatable bonds is 7. The number of carbonyl (C=O) groups excluding carboxylic acids is 2. The van der Waals surface area contributed by atoms with Crippen molar-refractivity contribution in [1.82, 2.24) is 5.32 Å². The van der Waals surface area contributed by atoms with Crippen molar-refractivity contribution in [1.29, 1.82) is 0 Å². The van der Waals surface area contributed by atoms with Gasteiger partial charge in [0.05, 0.1) is 6.61 Å². The number of aliphatic hydroxyl groups is 2. The van der Waals surface area contributed by atoms with E-state index in [0.717, 1.165) is 0 Å². The van der Waals surface area contributed by atoms with E-state index in [1.807, 2.05) is 0 Å². The molecule has 0 bridgehead atoms. The number of hydrogen-bond donors (Lipinski definition) is 3. The van der Waals surface area contributed by atoms with Crippen molar-refractivity contribution >= 4 is 11.9 Å². The van der Waals surface area contributed by atoms with E-state index in [1.54, 1.807) is 13.8 Å². The van der Waals surface area contributed by atoms with Crippen molar-refractivity contribution in [3.8, 4) is 0 Å². The third-order valence-corrected chi connectivity index (χ3v) is 2.25. The van der Waals surface area contributed by atoms with Crippen LogP contribution in [0.15, 0.2) is 0 Å². The second-order valence-electron chi connectivity index (χ2n) is 4.32. The van der Waals surface area contributed by atoms with E-state index >= 15 is 0 Å². The topological polar surface area (TPSA) is 110 Å². The van der Waals surface area contributed by atoms with Crippen molar-refractivity contribution in [3.05, 3.63) is 0 Å². The van der Waals surface area contributed by atoms with E-state index in [4.69, 9.17) is 5.11 Å². The number of hydrogen-bond acceptors (Lipinski definition) is 5. The van der Waals surface area contributed by atoms with E-state index in [9.17, 15) is 19.8 Å². The predicted molar refractivity (Wildman–Crippen MR) is 54.1 cm³/mol. The van der Waals surface area contributed by atoms with Crippen molar-refractivity contribution in [3.63, 3.8) is 0 Å². The van der Waals surface area contributed by atoms with E-state index in [0.29, 0.717) is 0 Å². The van der Waals surface area contributed by atoms with Gasteiger partial charge in [0.15, 0.2) is 0 Å². The van der Waals surface area contributed by atoms with Crippen molar-refractivity contribution in [2.75, 3.05) is 13.2 Å². The zero-order valence-corrected chi connectivity index (χ0v) is 9.52. The SMILES string of the molecule is CC(C)(CO)[C@H](O)C(=O)NCCCC(=O)[O-]. The molecule has 0 aliphatic heterocycles. The van der Waals surface area contributed by atoms with Crippen LogP contribution in [-0.4, -0.2) is 41.3 Å². The minimum atomic E-state index is -1.32. The van der Waals surface area contributed by atoms with Gasteiger partial charge in [-0.25, -0.2) is 0 Å². The molecule has 1 atom stereocenters. The lowest BCUT2D eigenvalue weighted by atomic mass is 9.87. The second kappa shape index (κ2) is 6.44. The van der Waals surface area contributed by atoms with Gasteiger partial charge in [0.1, 0.15) is 6.10 Å². The molecule has 0 aliphatic rings. The lowest BCUT2D eigenvalue weighted by Gasteiger charge is -2.27. The first kappa shape index (κ1) is 14.9. The van der Waals surface area contributed by atoms with Crippen LogP contribution in [0, 0.1) is 5.41 Å². The van der Waals surface area contributed by atoms with E-state index in [-0.39, 0.29) is 26.0 Å². The minimum Gasteiger partial charge on any atom is -0.550 e. The molecule has 0 aromatic heterocycles. The number of amides is 1. The summed E-state index contributed by atoms with van der Waals surface area (Å²) in [5.74, 6) is -1.79. The molecule has 16 heavy (non-hydrogen) atoms. The van der Waals surface area contributed by atoms with Gasteiger partial charge in [0.2, 0.25) is 5.91 Å². The molecule has 1 amide bonds. The number of carbonyl (C=O) groups is 2. The summed E-state index contributed by atoms with van der Waals surface area (Å²) in [6, 6.07) is 0. The van der Waals surface area contributed by atoms with Gasteiger partial charge in [-0.2, -0.15) is 0 Å². The van der Waals surface area contributed by atoms with E-state index in [2.05, 4.69) is 5.32 Å². The second-order valence-corrected chi connectivity index (χ2v) is 4.32. The Morgan fingerprint density at radius 2 is 2.00 bits per heavy atom. The van der Waals surface area contributed by atoms with Crippen LogP contribution in [0.4, 0.5) is 0 Å². The zero-order chi connectivity index (χ0) is 12.8. The van der Waals surface area contributed by atoms with Crippen LogP contribution in [0.5, 0.6) is 0 Å². The summed E-state index contributed by atoms with van der Waals surface area (Å²) in [4.78, 5) is 21.4. The molecule has 0 aromatic rings. The molecule has 0 radical (unpaired) electrons. The lowest BCUT2D eigenvalue weighted by molar-refractivity contribution is -0.305. The van der Waals surface area contributed by atoms with Crippen molar-refractivity contribution in [2.45, 2.75) is 32.8 Å². The molecular formula is C10H18NO5-. The van der Waals surface area contributed by atoms with Gasteiger partial charge in [0, 0.05) is 17.9 Å². The van der Waals surface area contributed by atoms with Crippen LogP contribution >= 0.6 is 0 Å². The predicted octanol–water partition coefficient (Wildman–Crippen LogP) is -1.99. The maximum atomic E-state index is 11.4. The quantitative estimate of drug-likeness (QED) is 0.440. The summed E-state index contributed by atoms with van der Waals surface area (Å²) >= 11 is 0. The van der Waals surface area contributed by atoms with Crippen LogP contribution in [0.25, 0.3) is 0 Å². The molecule has 0 spiro atoms. The summed E-state index contributed by atoms with van der Waals surface area (Å²) in [5.41, 5.74) is -0.918. The largest absolute Gasteiger partial charge is 0.550 e. The summed E-state index contributed by atoms with van der Waals surface area (Å²) < 4.78 is 0. The van der Waals surface area contributed by atoms with Gasteiger partial charge in [-0.1, -0.05) is 13.8 Å². The minimum absolute atomic E-state index is 0.139. The zero-order valence-electron chi connectivity index (χ0n) is 9.52. The van der Waals surface area contributed by atoms with Gasteiger partial charge in [0.25, 0.3) is 0 Å². The fraction of sp³-hybridized carbons (Fsp3) is 0.800. The van der Waals surface area contributed by atoms with E-state index < -0.39 is 23.4 Å². The fourth-order valence-electron chi connectivity index (χ4n) is 0.982. The Morgan fingerprint density at radius 1 is 1.44 bits per heavy atom. The maximum absolute atomic E-state index is 11.4. The van der Waals surface area contributed by atoms with Gasteiger partial charge >= 0.3 is 0 Å². The summed E-state index contributed by atoms with van der Waals surface area (Å²) in [7, 11) is 0. The molecule has 0 unspecified atom stereocenters. The van der Waals surface area contributed by atoms with Crippen LogP contribution < -0.4 is 10.4 Å². The summed E-state index contributed by atoms with van der Waals surface area (Å²) in [6.07, 6.45) is -1.21. The van der Waals surface area contributed by atoms with Gasteiger partial charge in [-0.15, -0.1) is 0 Å². The molecule has 6 heteroatoms.